The smallest absolute Gasteiger partial charge is 0.241 e. The fourth-order valence-electron chi connectivity index (χ4n) is 1.16. The number of anilines is 1. The Kier molecular flexibility index (Phi) is 4.27. The molecule has 0 aliphatic heterocycles. The Balaban J connectivity index is 2.82. The highest BCUT2D eigenvalue weighted by Crippen LogP contribution is 2.19. The maximum Gasteiger partial charge on any atom is 0.241 e. The third-order valence-corrected chi connectivity index (χ3v) is 2.05. The van der Waals surface area contributed by atoms with E-state index >= 15 is 0 Å². The lowest BCUT2D eigenvalue weighted by Crippen LogP contribution is -2.39. The minimum absolute atomic E-state index is 0.447. The molecular formula is C10H10F3N3O2. The van der Waals surface area contributed by atoms with E-state index in [9.17, 15) is 22.8 Å². The van der Waals surface area contributed by atoms with Gasteiger partial charge in [0, 0.05) is 0 Å². The van der Waals surface area contributed by atoms with Crippen LogP contribution in [-0.2, 0) is 9.59 Å². The molecule has 0 aliphatic carbocycles. The van der Waals surface area contributed by atoms with Crippen LogP contribution >= 0.6 is 0 Å². The van der Waals surface area contributed by atoms with Crippen LogP contribution in [0.15, 0.2) is 12.1 Å². The molecular weight excluding hydrogens is 251 g/mol. The van der Waals surface area contributed by atoms with Crippen molar-refractivity contribution in [2.45, 2.75) is 12.5 Å². The van der Waals surface area contributed by atoms with Crippen molar-refractivity contribution < 1.29 is 22.8 Å². The van der Waals surface area contributed by atoms with Crippen molar-refractivity contribution in [3.05, 3.63) is 29.6 Å². The van der Waals surface area contributed by atoms with E-state index in [4.69, 9.17) is 11.5 Å². The van der Waals surface area contributed by atoms with Gasteiger partial charge in [-0.05, 0) is 12.1 Å². The first kappa shape index (κ1) is 14.0. The molecule has 0 bridgehead atoms. The van der Waals surface area contributed by atoms with Gasteiger partial charge >= 0.3 is 0 Å². The number of hydrogen-bond donors (Lipinski definition) is 3. The number of hydrogen-bond acceptors (Lipinski definition) is 3. The van der Waals surface area contributed by atoms with E-state index in [1.165, 1.54) is 0 Å². The number of rotatable bonds is 4. The van der Waals surface area contributed by atoms with Crippen molar-refractivity contribution in [2.75, 3.05) is 5.32 Å². The number of carbonyl (C=O) groups excluding carboxylic acids is 2. The quantitative estimate of drug-likeness (QED) is 0.677. The Morgan fingerprint density at radius 2 is 1.83 bits per heavy atom. The lowest BCUT2D eigenvalue weighted by Gasteiger charge is -2.11. The summed E-state index contributed by atoms with van der Waals surface area (Å²) >= 11 is 0. The fourth-order valence-corrected chi connectivity index (χ4v) is 1.16. The van der Waals surface area contributed by atoms with Gasteiger partial charge in [0.15, 0.2) is 17.5 Å². The molecule has 1 atom stereocenters. The molecule has 8 heteroatoms. The number of primary amides is 1. The Labute approximate surface area is 99.9 Å². The van der Waals surface area contributed by atoms with Crippen LogP contribution in [0.5, 0.6) is 0 Å². The second kappa shape index (κ2) is 5.50. The molecule has 1 unspecified atom stereocenters. The molecule has 5 N–H and O–H groups in total. The summed E-state index contributed by atoms with van der Waals surface area (Å²) < 4.78 is 38.6. The molecule has 1 aromatic rings. The second-order valence-corrected chi connectivity index (χ2v) is 3.49. The monoisotopic (exact) mass is 261 g/mol. The van der Waals surface area contributed by atoms with E-state index in [-0.39, 0.29) is 0 Å². The van der Waals surface area contributed by atoms with Crippen molar-refractivity contribution in [2.24, 2.45) is 11.5 Å². The van der Waals surface area contributed by atoms with Crippen LogP contribution in [0.25, 0.3) is 0 Å². The number of carbonyl (C=O) groups is 2. The van der Waals surface area contributed by atoms with Crippen LogP contribution < -0.4 is 16.8 Å². The zero-order chi connectivity index (χ0) is 13.9. The molecule has 0 fully saturated rings. The first-order chi connectivity index (χ1) is 8.32. The standard InChI is InChI=1S/C10H10F3N3O2/c11-4-1-2-6(9(13)8(4)12)16-10(18)5(14)3-7(15)17/h1-2,5H,3,14H2,(H2,15,17)(H,16,18). The Morgan fingerprint density at radius 3 is 2.39 bits per heavy atom. The molecule has 1 rings (SSSR count). The van der Waals surface area contributed by atoms with Crippen LogP contribution in [0.2, 0.25) is 0 Å². The molecule has 0 radical (unpaired) electrons. The first-order valence-electron chi connectivity index (χ1n) is 4.81. The summed E-state index contributed by atoms with van der Waals surface area (Å²) in [5.41, 5.74) is 9.53. The topological polar surface area (TPSA) is 98.2 Å². The maximum absolute atomic E-state index is 13.2. The van der Waals surface area contributed by atoms with Crippen LogP contribution in [0.3, 0.4) is 0 Å². The first-order valence-corrected chi connectivity index (χ1v) is 4.81. The minimum Gasteiger partial charge on any atom is -0.370 e. The van der Waals surface area contributed by atoms with E-state index < -0.39 is 47.4 Å². The van der Waals surface area contributed by atoms with Gasteiger partial charge in [-0.15, -0.1) is 0 Å². The van der Waals surface area contributed by atoms with Gasteiger partial charge in [0.1, 0.15) is 0 Å². The Bertz CT molecular complexity index is 494. The van der Waals surface area contributed by atoms with Crippen LogP contribution in [0.4, 0.5) is 18.9 Å². The number of nitrogens with one attached hydrogen (secondary N) is 1. The molecule has 18 heavy (non-hydrogen) atoms. The van der Waals surface area contributed by atoms with Crippen molar-refractivity contribution in [1.82, 2.24) is 0 Å². The highest BCUT2D eigenvalue weighted by atomic mass is 19.2. The molecule has 0 spiro atoms. The summed E-state index contributed by atoms with van der Waals surface area (Å²) in [7, 11) is 0. The highest BCUT2D eigenvalue weighted by Gasteiger charge is 2.19. The molecule has 5 nitrogen and oxygen atoms in total. The van der Waals surface area contributed by atoms with Crippen LogP contribution in [-0.4, -0.2) is 17.9 Å². The number of halogens is 3. The summed E-state index contributed by atoms with van der Waals surface area (Å²) in [6, 6.07) is 0.186. The normalized spacial score (nSPS) is 12.0. The predicted molar refractivity (Wildman–Crippen MR) is 56.7 cm³/mol. The summed E-state index contributed by atoms with van der Waals surface area (Å²) in [6.45, 7) is 0. The summed E-state index contributed by atoms with van der Waals surface area (Å²) in [6.07, 6.45) is -0.447. The van der Waals surface area contributed by atoms with Crippen molar-refractivity contribution in [3.8, 4) is 0 Å². The SMILES string of the molecule is NC(=O)CC(N)C(=O)Nc1ccc(F)c(F)c1F. The molecule has 0 saturated heterocycles. The third kappa shape index (κ3) is 3.20. The minimum atomic E-state index is -1.71. The maximum atomic E-state index is 13.2. The van der Waals surface area contributed by atoms with Gasteiger partial charge in [0.25, 0.3) is 0 Å². The van der Waals surface area contributed by atoms with Gasteiger partial charge in [-0.1, -0.05) is 0 Å². The Morgan fingerprint density at radius 1 is 1.22 bits per heavy atom. The highest BCUT2D eigenvalue weighted by molar-refractivity contribution is 5.97. The molecule has 2 amide bonds. The summed E-state index contributed by atoms with van der Waals surface area (Å²) in [4.78, 5) is 21.9. The molecule has 1 aromatic carbocycles. The van der Waals surface area contributed by atoms with Gasteiger partial charge in [0.05, 0.1) is 18.2 Å². The van der Waals surface area contributed by atoms with E-state index in [2.05, 4.69) is 0 Å². The largest absolute Gasteiger partial charge is 0.370 e. The van der Waals surface area contributed by atoms with Crippen LogP contribution in [0, 0.1) is 17.5 Å². The van der Waals surface area contributed by atoms with Crippen molar-refractivity contribution >= 4 is 17.5 Å². The van der Waals surface area contributed by atoms with Crippen molar-refractivity contribution in [3.63, 3.8) is 0 Å². The van der Waals surface area contributed by atoms with Gasteiger partial charge in [-0.25, -0.2) is 13.2 Å². The van der Waals surface area contributed by atoms with Crippen LogP contribution in [0.1, 0.15) is 6.42 Å². The zero-order valence-corrected chi connectivity index (χ0v) is 9.04. The number of nitrogens with two attached hydrogens (primary N) is 2. The van der Waals surface area contributed by atoms with E-state index in [0.29, 0.717) is 6.07 Å². The van der Waals surface area contributed by atoms with E-state index in [1.807, 2.05) is 5.32 Å². The fraction of sp³-hybridized carbons (Fsp3) is 0.200. The third-order valence-electron chi connectivity index (χ3n) is 2.05. The van der Waals surface area contributed by atoms with Gasteiger partial charge in [-0.2, -0.15) is 0 Å². The van der Waals surface area contributed by atoms with Gasteiger partial charge in [-0.3, -0.25) is 9.59 Å². The average molecular weight is 261 g/mol. The van der Waals surface area contributed by atoms with E-state index in [1.54, 1.807) is 0 Å². The predicted octanol–water partition coefficient (Wildman–Crippen LogP) is 0.245. The molecule has 0 heterocycles. The summed E-state index contributed by atoms with van der Waals surface area (Å²) in [5, 5.41) is 1.93. The van der Waals surface area contributed by atoms with E-state index in [0.717, 1.165) is 6.07 Å². The number of benzene rings is 1. The van der Waals surface area contributed by atoms with Gasteiger partial charge < -0.3 is 16.8 Å². The Hall–Kier alpha value is -2.09. The molecule has 0 aliphatic rings. The van der Waals surface area contributed by atoms with Crippen molar-refractivity contribution in [1.29, 1.82) is 0 Å². The lowest BCUT2D eigenvalue weighted by molar-refractivity contribution is -0.123. The molecule has 0 saturated carbocycles. The average Bonchev–Trinajstić information content (AvgIpc) is 2.29. The number of amides is 2. The molecule has 98 valence electrons. The summed E-state index contributed by atoms with van der Waals surface area (Å²) in [5.74, 6) is -6.39. The zero-order valence-electron chi connectivity index (χ0n) is 9.04. The van der Waals surface area contributed by atoms with Gasteiger partial charge in [0.2, 0.25) is 11.8 Å². The lowest BCUT2D eigenvalue weighted by atomic mass is 10.2. The second-order valence-electron chi connectivity index (χ2n) is 3.49. The molecule has 0 aromatic heterocycles.